The monoisotopic (exact) mass is 562 g/mol. The van der Waals surface area contributed by atoms with Crippen molar-refractivity contribution >= 4 is 66.7 Å². The molecular weight excluding hydrogens is 532 g/mol. The number of hydrogen-bond donors (Lipinski definition) is 0. The van der Waals surface area contributed by atoms with Crippen molar-refractivity contribution in [2.24, 2.45) is 11.8 Å². The summed E-state index contributed by atoms with van der Waals surface area (Å²) in [6.45, 7) is 8.97. The predicted octanol–water partition coefficient (Wildman–Crippen LogP) is 6.26. The Balaban J connectivity index is 1.76. The van der Waals surface area contributed by atoms with Gasteiger partial charge in [0.25, 0.3) is 23.6 Å². The highest BCUT2D eigenvalue weighted by Gasteiger charge is 2.37. The van der Waals surface area contributed by atoms with Crippen LogP contribution in [0.2, 0.25) is 0 Å². The van der Waals surface area contributed by atoms with Crippen LogP contribution in [0.1, 0.15) is 69.1 Å². The standard InChI is InChI=1S/C34H30N2O6/c1-15(2)13-41-23-11-21-25-19(31(37)35(5)33(21)39)9-7-17-18-8-10-20-26-22(34(40)36(6)32(20)38)12-24(42-14-16(3)4)30(28(18)26)29(23)27(17)25/h7-12,15-16H,13-14H2,1-6H3. The first-order valence-electron chi connectivity index (χ1n) is 14.2. The lowest BCUT2D eigenvalue weighted by molar-refractivity contribution is 0.0635. The zero-order valence-corrected chi connectivity index (χ0v) is 24.4. The number of benzene rings is 5. The molecule has 0 saturated heterocycles. The number of fused-ring (bicyclic) bond motifs is 2. The van der Waals surface area contributed by atoms with E-state index in [1.165, 1.54) is 14.1 Å². The van der Waals surface area contributed by atoms with Gasteiger partial charge in [-0.05, 0) is 46.9 Å². The molecule has 0 saturated carbocycles. The molecule has 0 unspecified atom stereocenters. The molecule has 5 aromatic carbocycles. The van der Waals surface area contributed by atoms with Crippen LogP contribution in [0.3, 0.4) is 0 Å². The fraction of sp³-hybridized carbons (Fsp3) is 0.294. The molecule has 0 atom stereocenters. The average Bonchev–Trinajstić information content (AvgIpc) is 2.97. The van der Waals surface area contributed by atoms with E-state index in [0.29, 0.717) is 68.5 Å². The number of amides is 4. The normalized spacial score (nSPS) is 15.1. The Morgan fingerprint density at radius 3 is 1.24 bits per heavy atom. The molecule has 2 aliphatic rings. The number of carbonyl (C=O) groups is 4. The first-order valence-corrected chi connectivity index (χ1v) is 14.2. The summed E-state index contributed by atoms with van der Waals surface area (Å²) in [6, 6.07) is 10.7. The first kappa shape index (κ1) is 26.2. The SMILES string of the molecule is CC(C)COc1cc2c3c(ccc4c5ccc6c7c(cc(OCC(C)C)c(c1c34)c75)C(=O)N(C)C6=O)C(=O)N(C)C2=O. The van der Waals surface area contributed by atoms with Gasteiger partial charge in [0.05, 0.1) is 24.3 Å². The summed E-state index contributed by atoms with van der Waals surface area (Å²) in [5.74, 6) is -0.131. The minimum Gasteiger partial charge on any atom is -0.493 e. The number of ether oxygens (including phenoxy) is 2. The Morgan fingerprint density at radius 1 is 0.524 bits per heavy atom. The minimum absolute atomic E-state index is 0.202. The van der Waals surface area contributed by atoms with E-state index in [0.717, 1.165) is 31.3 Å². The lowest BCUT2D eigenvalue weighted by atomic mass is 9.81. The van der Waals surface area contributed by atoms with E-state index in [1.807, 2.05) is 39.8 Å². The Morgan fingerprint density at radius 2 is 0.881 bits per heavy atom. The third-order valence-electron chi connectivity index (χ3n) is 8.32. The maximum Gasteiger partial charge on any atom is 0.261 e. The molecule has 0 bridgehead atoms. The molecule has 2 aliphatic heterocycles. The van der Waals surface area contributed by atoms with Gasteiger partial charge in [0, 0.05) is 57.5 Å². The molecule has 5 aromatic rings. The molecule has 7 rings (SSSR count). The fourth-order valence-corrected chi connectivity index (χ4v) is 6.37. The zero-order chi connectivity index (χ0) is 29.8. The van der Waals surface area contributed by atoms with Crippen molar-refractivity contribution < 1.29 is 28.7 Å². The highest BCUT2D eigenvalue weighted by Crippen LogP contribution is 2.52. The van der Waals surface area contributed by atoms with Gasteiger partial charge in [0.2, 0.25) is 0 Å². The highest BCUT2D eigenvalue weighted by atomic mass is 16.5. The molecule has 4 amide bonds. The van der Waals surface area contributed by atoms with E-state index in [4.69, 9.17) is 9.47 Å². The third-order valence-corrected chi connectivity index (χ3v) is 8.32. The fourth-order valence-electron chi connectivity index (χ4n) is 6.37. The lowest BCUT2D eigenvalue weighted by Gasteiger charge is -2.29. The van der Waals surface area contributed by atoms with Crippen LogP contribution >= 0.6 is 0 Å². The number of rotatable bonds is 6. The van der Waals surface area contributed by atoms with Gasteiger partial charge in [-0.25, -0.2) is 0 Å². The quantitative estimate of drug-likeness (QED) is 0.138. The van der Waals surface area contributed by atoms with Gasteiger partial charge in [-0.3, -0.25) is 29.0 Å². The lowest BCUT2D eigenvalue weighted by Crippen LogP contribution is -2.37. The Kier molecular flexibility index (Phi) is 5.54. The second-order valence-electron chi connectivity index (χ2n) is 12.2. The van der Waals surface area contributed by atoms with E-state index in [1.54, 1.807) is 24.3 Å². The van der Waals surface area contributed by atoms with Crippen LogP contribution in [0, 0.1) is 11.8 Å². The zero-order valence-electron chi connectivity index (χ0n) is 24.4. The smallest absolute Gasteiger partial charge is 0.261 e. The van der Waals surface area contributed by atoms with Gasteiger partial charge < -0.3 is 9.47 Å². The van der Waals surface area contributed by atoms with E-state index in [-0.39, 0.29) is 23.7 Å². The molecule has 0 aliphatic carbocycles. The number of nitrogens with zero attached hydrogens (tertiary/aromatic N) is 2. The van der Waals surface area contributed by atoms with Crippen LogP contribution < -0.4 is 9.47 Å². The molecule has 42 heavy (non-hydrogen) atoms. The van der Waals surface area contributed by atoms with E-state index in [9.17, 15) is 19.2 Å². The number of hydrogen-bond acceptors (Lipinski definition) is 6. The van der Waals surface area contributed by atoms with Crippen molar-refractivity contribution in [1.29, 1.82) is 0 Å². The van der Waals surface area contributed by atoms with Crippen molar-refractivity contribution in [3.8, 4) is 11.5 Å². The van der Waals surface area contributed by atoms with Crippen LogP contribution in [0.15, 0.2) is 36.4 Å². The predicted molar refractivity (Wildman–Crippen MR) is 161 cm³/mol. The summed E-state index contributed by atoms with van der Waals surface area (Å²) in [5.41, 5.74) is 1.68. The van der Waals surface area contributed by atoms with Crippen LogP contribution in [-0.2, 0) is 0 Å². The van der Waals surface area contributed by atoms with Gasteiger partial charge in [-0.15, -0.1) is 0 Å². The second-order valence-corrected chi connectivity index (χ2v) is 12.2. The maximum atomic E-state index is 13.5. The average molecular weight is 563 g/mol. The van der Waals surface area contributed by atoms with Crippen molar-refractivity contribution in [3.63, 3.8) is 0 Å². The Labute approximate surface area is 242 Å². The van der Waals surface area contributed by atoms with Gasteiger partial charge >= 0.3 is 0 Å². The molecule has 0 radical (unpaired) electrons. The van der Waals surface area contributed by atoms with Gasteiger partial charge in [-0.1, -0.05) is 39.8 Å². The summed E-state index contributed by atoms with van der Waals surface area (Å²) < 4.78 is 12.9. The number of imide groups is 2. The summed E-state index contributed by atoms with van der Waals surface area (Å²) in [7, 11) is 2.98. The van der Waals surface area contributed by atoms with E-state index in [2.05, 4.69) is 0 Å². The van der Waals surface area contributed by atoms with E-state index >= 15 is 0 Å². The molecular formula is C34H30N2O6. The molecule has 0 N–H and O–H groups in total. The Hall–Kier alpha value is -4.72. The van der Waals surface area contributed by atoms with Crippen LogP contribution in [0.4, 0.5) is 0 Å². The van der Waals surface area contributed by atoms with Crippen LogP contribution in [-0.4, -0.2) is 60.7 Å². The minimum atomic E-state index is -0.392. The Bertz CT molecular complexity index is 1910. The largest absolute Gasteiger partial charge is 0.493 e. The molecule has 212 valence electrons. The van der Waals surface area contributed by atoms with Crippen molar-refractivity contribution in [2.75, 3.05) is 27.3 Å². The molecule has 8 heteroatoms. The summed E-state index contributed by atoms with van der Waals surface area (Å²) in [4.78, 5) is 55.9. The number of carbonyl (C=O) groups excluding carboxylic acids is 4. The van der Waals surface area contributed by atoms with E-state index < -0.39 is 11.8 Å². The van der Waals surface area contributed by atoms with Gasteiger partial charge in [-0.2, -0.15) is 0 Å². The topological polar surface area (TPSA) is 93.2 Å². The van der Waals surface area contributed by atoms with Crippen LogP contribution in [0.5, 0.6) is 11.5 Å². The molecule has 0 aromatic heterocycles. The van der Waals surface area contributed by atoms with Crippen molar-refractivity contribution in [1.82, 2.24) is 9.80 Å². The third kappa shape index (κ3) is 3.35. The van der Waals surface area contributed by atoms with Gasteiger partial charge in [0.15, 0.2) is 0 Å². The molecule has 2 heterocycles. The molecule has 0 spiro atoms. The summed E-state index contributed by atoms with van der Waals surface area (Å²) in [6.07, 6.45) is 0. The maximum absolute atomic E-state index is 13.5. The summed E-state index contributed by atoms with van der Waals surface area (Å²) in [5, 5.41) is 5.62. The first-order chi connectivity index (χ1) is 20.0. The summed E-state index contributed by atoms with van der Waals surface area (Å²) >= 11 is 0. The second kappa shape index (κ2) is 8.89. The van der Waals surface area contributed by atoms with Gasteiger partial charge in [0.1, 0.15) is 11.5 Å². The van der Waals surface area contributed by atoms with Crippen molar-refractivity contribution in [2.45, 2.75) is 27.7 Å². The highest BCUT2D eigenvalue weighted by molar-refractivity contribution is 6.43. The molecule has 0 fully saturated rings. The van der Waals surface area contributed by atoms with Crippen LogP contribution in [0.25, 0.3) is 43.1 Å². The van der Waals surface area contributed by atoms with Crippen molar-refractivity contribution in [3.05, 3.63) is 58.7 Å². The molecule has 8 nitrogen and oxygen atoms in total.